The molecule has 0 saturated heterocycles. The Bertz CT molecular complexity index is 427. The van der Waals surface area contributed by atoms with Crippen molar-refractivity contribution in [3.63, 3.8) is 0 Å². The minimum absolute atomic E-state index is 0.0339. The zero-order chi connectivity index (χ0) is 13.2. The first kappa shape index (κ1) is 13.4. The topological polar surface area (TPSA) is 55.2 Å². The lowest BCUT2D eigenvalue weighted by Gasteiger charge is -2.28. The van der Waals surface area contributed by atoms with Crippen LogP contribution in [0.1, 0.15) is 27.7 Å². The number of nitro groups is 1. The van der Waals surface area contributed by atoms with Crippen molar-refractivity contribution in [1.82, 2.24) is 0 Å². The summed E-state index contributed by atoms with van der Waals surface area (Å²) in [7, 11) is 0. The largest absolute Gasteiger partial charge is 0.377 e. The predicted octanol–water partition coefficient (Wildman–Crippen LogP) is 3.58. The molecule has 0 aliphatic heterocycles. The first-order chi connectivity index (χ1) is 7.71. The van der Waals surface area contributed by atoms with Crippen LogP contribution in [0.2, 0.25) is 0 Å². The van der Waals surface area contributed by atoms with E-state index in [1.165, 1.54) is 12.1 Å². The lowest BCUT2D eigenvalue weighted by molar-refractivity contribution is -0.384. The molecule has 0 radical (unpaired) electrons. The molecule has 0 amide bonds. The van der Waals surface area contributed by atoms with Crippen molar-refractivity contribution in [1.29, 1.82) is 0 Å². The van der Waals surface area contributed by atoms with Gasteiger partial charge in [0, 0.05) is 6.04 Å². The molecule has 0 aromatic heterocycles. The van der Waals surface area contributed by atoms with E-state index in [9.17, 15) is 14.5 Å². The number of nitrogens with one attached hydrogen (secondary N) is 1. The molecule has 0 bridgehead atoms. The van der Waals surface area contributed by atoms with Crippen LogP contribution in [0.4, 0.5) is 15.8 Å². The molecular weight excluding hydrogens is 223 g/mol. The van der Waals surface area contributed by atoms with Crippen LogP contribution >= 0.6 is 0 Å². The summed E-state index contributed by atoms with van der Waals surface area (Å²) in [6.45, 7) is 8.02. The minimum atomic E-state index is -0.606. The molecule has 4 nitrogen and oxygen atoms in total. The molecule has 0 saturated carbocycles. The van der Waals surface area contributed by atoms with Crippen molar-refractivity contribution in [3.8, 4) is 0 Å². The molecule has 1 rings (SSSR count). The molecule has 94 valence electrons. The summed E-state index contributed by atoms with van der Waals surface area (Å²) in [5, 5.41) is 13.9. The molecule has 1 aromatic rings. The average molecular weight is 240 g/mol. The number of nitro benzene ring substituents is 1. The molecule has 0 fully saturated rings. The van der Waals surface area contributed by atoms with Crippen LogP contribution in [-0.2, 0) is 0 Å². The SMILES string of the molecule is CC(Nc1ccc(F)cc1[N+](=O)[O-])C(C)(C)C. The number of rotatable bonds is 3. The van der Waals surface area contributed by atoms with Gasteiger partial charge in [-0.2, -0.15) is 0 Å². The number of anilines is 1. The van der Waals surface area contributed by atoms with Gasteiger partial charge in [-0.3, -0.25) is 10.1 Å². The first-order valence-corrected chi connectivity index (χ1v) is 5.42. The Kier molecular flexibility index (Phi) is 3.70. The molecule has 1 N–H and O–H groups in total. The van der Waals surface area contributed by atoms with Gasteiger partial charge in [-0.25, -0.2) is 4.39 Å². The highest BCUT2D eigenvalue weighted by atomic mass is 19.1. The van der Waals surface area contributed by atoms with Gasteiger partial charge in [-0.05, 0) is 24.5 Å². The predicted molar refractivity (Wildman–Crippen MR) is 65.6 cm³/mol. The Morgan fingerprint density at radius 1 is 1.41 bits per heavy atom. The van der Waals surface area contributed by atoms with Gasteiger partial charge in [0.15, 0.2) is 0 Å². The molecule has 1 atom stereocenters. The van der Waals surface area contributed by atoms with Crippen LogP contribution in [0.15, 0.2) is 18.2 Å². The second-order valence-electron chi connectivity index (χ2n) is 5.15. The fourth-order valence-electron chi connectivity index (χ4n) is 1.23. The highest BCUT2D eigenvalue weighted by Crippen LogP contribution is 2.29. The maximum absolute atomic E-state index is 12.9. The summed E-state index contributed by atoms with van der Waals surface area (Å²) in [6, 6.07) is 3.57. The van der Waals surface area contributed by atoms with E-state index >= 15 is 0 Å². The van der Waals surface area contributed by atoms with E-state index in [-0.39, 0.29) is 17.1 Å². The van der Waals surface area contributed by atoms with Gasteiger partial charge in [-0.15, -0.1) is 0 Å². The minimum Gasteiger partial charge on any atom is -0.377 e. The summed E-state index contributed by atoms with van der Waals surface area (Å²) in [5.74, 6) is -0.606. The maximum Gasteiger partial charge on any atom is 0.295 e. The van der Waals surface area contributed by atoms with Gasteiger partial charge in [-0.1, -0.05) is 20.8 Å². The molecule has 17 heavy (non-hydrogen) atoms. The van der Waals surface area contributed by atoms with Crippen molar-refractivity contribution in [2.45, 2.75) is 33.7 Å². The Labute approximate surface area is 100.0 Å². The molecule has 0 aliphatic rings. The van der Waals surface area contributed by atoms with E-state index in [1.54, 1.807) is 0 Å². The highest BCUT2D eigenvalue weighted by molar-refractivity contribution is 5.61. The van der Waals surface area contributed by atoms with Crippen LogP contribution in [0, 0.1) is 21.3 Å². The fourth-order valence-corrected chi connectivity index (χ4v) is 1.23. The molecule has 0 heterocycles. The van der Waals surface area contributed by atoms with Crippen molar-refractivity contribution >= 4 is 11.4 Å². The van der Waals surface area contributed by atoms with E-state index in [0.29, 0.717) is 5.69 Å². The number of hydrogen-bond acceptors (Lipinski definition) is 3. The molecule has 1 aromatic carbocycles. The number of hydrogen-bond donors (Lipinski definition) is 1. The first-order valence-electron chi connectivity index (χ1n) is 5.42. The smallest absolute Gasteiger partial charge is 0.295 e. The van der Waals surface area contributed by atoms with E-state index in [1.807, 2.05) is 27.7 Å². The monoisotopic (exact) mass is 240 g/mol. The number of nitrogens with zero attached hydrogens (tertiary/aromatic N) is 1. The van der Waals surface area contributed by atoms with Gasteiger partial charge >= 0.3 is 0 Å². The molecule has 0 aliphatic carbocycles. The standard InChI is InChI=1S/C12H17FN2O2/c1-8(12(2,3)4)14-10-6-5-9(13)7-11(10)15(16)17/h5-8,14H,1-4H3. The summed E-state index contributed by atoms with van der Waals surface area (Å²) in [5.41, 5.74) is 0.0716. The highest BCUT2D eigenvalue weighted by Gasteiger charge is 2.23. The van der Waals surface area contributed by atoms with Gasteiger partial charge in [0.2, 0.25) is 0 Å². The van der Waals surface area contributed by atoms with Crippen molar-refractivity contribution in [2.24, 2.45) is 5.41 Å². The van der Waals surface area contributed by atoms with Crippen LogP contribution in [0.25, 0.3) is 0 Å². The maximum atomic E-state index is 12.9. The van der Waals surface area contributed by atoms with E-state index in [0.717, 1.165) is 6.07 Å². The lowest BCUT2D eigenvalue weighted by atomic mass is 9.88. The fraction of sp³-hybridized carbons (Fsp3) is 0.500. The van der Waals surface area contributed by atoms with Gasteiger partial charge in [0.1, 0.15) is 11.5 Å². The zero-order valence-corrected chi connectivity index (χ0v) is 10.5. The van der Waals surface area contributed by atoms with E-state index < -0.39 is 10.7 Å². The van der Waals surface area contributed by atoms with E-state index in [2.05, 4.69) is 5.32 Å². The normalized spacial score (nSPS) is 13.2. The van der Waals surface area contributed by atoms with Crippen molar-refractivity contribution < 1.29 is 9.31 Å². The van der Waals surface area contributed by atoms with Crippen molar-refractivity contribution in [2.75, 3.05) is 5.32 Å². The molecular formula is C12H17FN2O2. The van der Waals surface area contributed by atoms with Crippen LogP contribution in [0.3, 0.4) is 0 Å². The van der Waals surface area contributed by atoms with Crippen LogP contribution in [-0.4, -0.2) is 11.0 Å². The van der Waals surface area contributed by atoms with Crippen molar-refractivity contribution in [3.05, 3.63) is 34.1 Å². The van der Waals surface area contributed by atoms with E-state index in [4.69, 9.17) is 0 Å². The number of halogens is 1. The summed E-state index contributed by atoms with van der Waals surface area (Å²) in [6.07, 6.45) is 0. The average Bonchev–Trinajstić information content (AvgIpc) is 2.18. The second kappa shape index (κ2) is 4.69. The third-order valence-corrected chi connectivity index (χ3v) is 2.83. The lowest BCUT2D eigenvalue weighted by Crippen LogP contribution is -2.31. The molecule has 1 unspecified atom stereocenters. The molecule has 5 heteroatoms. The van der Waals surface area contributed by atoms with Gasteiger partial charge in [0.25, 0.3) is 5.69 Å². The zero-order valence-electron chi connectivity index (χ0n) is 10.5. The quantitative estimate of drug-likeness (QED) is 0.649. The summed E-state index contributed by atoms with van der Waals surface area (Å²) < 4.78 is 12.9. The van der Waals surface area contributed by atoms with Gasteiger partial charge < -0.3 is 5.32 Å². The second-order valence-corrected chi connectivity index (χ2v) is 5.15. The Hall–Kier alpha value is -1.65. The summed E-state index contributed by atoms with van der Waals surface area (Å²) in [4.78, 5) is 10.2. The Morgan fingerprint density at radius 2 is 2.00 bits per heavy atom. The Morgan fingerprint density at radius 3 is 2.47 bits per heavy atom. The van der Waals surface area contributed by atoms with Gasteiger partial charge in [0.05, 0.1) is 11.0 Å². The van der Waals surface area contributed by atoms with Crippen LogP contribution < -0.4 is 5.32 Å². The number of benzene rings is 1. The third kappa shape index (κ3) is 3.41. The Balaban J connectivity index is 3.03. The summed E-state index contributed by atoms with van der Waals surface area (Å²) >= 11 is 0. The third-order valence-electron chi connectivity index (χ3n) is 2.83. The molecule has 0 spiro atoms. The van der Waals surface area contributed by atoms with Crippen LogP contribution in [0.5, 0.6) is 0 Å².